The number of benzene rings is 10. The summed E-state index contributed by atoms with van der Waals surface area (Å²) in [5.41, 5.74) is 17.3. The zero-order valence-electron chi connectivity index (χ0n) is 33.2. The third kappa shape index (κ3) is 4.73. The summed E-state index contributed by atoms with van der Waals surface area (Å²) in [5, 5.41) is 7.16. The SMILES string of the molecule is c1ccc(-c2nc(-c3cccc4c3-c3ccccc3C43c4ccccc4-c4ccccc43)cc(-c3c4ccccc4c(-c4ccccc4)c4ccc5ccccc5c34)n2)cc1. The summed E-state index contributed by atoms with van der Waals surface area (Å²) in [6, 6.07) is 79.7. The molecule has 11 aromatic rings. The van der Waals surface area contributed by atoms with Gasteiger partial charge in [0.2, 0.25) is 0 Å². The van der Waals surface area contributed by atoms with Crippen molar-refractivity contribution in [3.63, 3.8) is 0 Å². The monoisotopic (exact) mass is 772 g/mol. The van der Waals surface area contributed by atoms with Crippen molar-refractivity contribution in [3.8, 4) is 67.3 Å². The van der Waals surface area contributed by atoms with Gasteiger partial charge in [0.05, 0.1) is 16.8 Å². The van der Waals surface area contributed by atoms with Crippen LogP contribution in [-0.2, 0) is 5.41 Å². The molecule has 0 aliphatic heterocycles. The lowest BCUT2D eigenvalue weighted by Gasteiger charge is -2.30. The molecule has 10 aromatic carbocycles. The Morgan fingerprint density at radius 3 is 1.51 bits per heavy atom. The quantitative estimate of drug-likeness (QED) is 0.132. The number of fused-ring (bicyclic) bond motifs is 14. The normalized spacial score (nSPS) is 13.0. The fourth-order valence-corrected chi connectivity index (χ4v) is 10.9. The van der Waals surface area contributed by atoms with Crippen molar-refractivity contribution >= 4 is 32.3 Å². The predicted octanol–water partition coefficient (Wildman–Crippen LogP) is 14.9. The first-order valence-electron chi connectivity index (χ1n) is 21.1. The second kappa shape index (κ2) is 13.0. The maximum atomic E-state index is 5.57. The first-order valence-corrected chi connectivity index (χ1v) is 21.1. The van der Waals surface area contributed by atoms with Crippen LogP contribution in [-0.4, -0.2) is 9.97 Å². The fraction of sp³-hybridized carbons (Fsp3) is 0.0169. The molecule has 2 aliphatic carbocycles. The maximum Gasteiger partial charge on any atom is 0.160 e. The van der Waals surface area contributed by atoms with Gasteiger partial charge in [0.1, 0.15) is 0 Å². The Kier molecular flexibility index (Phi) is 7.26. The van der Waals surface area contributed by atoms with E-state index in [2.05, 4.69) is 218 Å². The Bertz CT molecular complexity index is 3540. The smallest absolute Gasteiger partial charge is 0.160 e. The molecule has 0 unspecified atom stereocenters. The molecule has 0 saturated heterocycles. The van der Waals surface area contributed by atoms with Crippen LogP contribution in [0, 0.1) is 0 Å². The third-order valence-electron chi connectivity index (χ3n) is 13.3. The Morgan fingerprint density at radius 2 is 0.803 bits per heavy atom. The van der Waals surface area contributed by atoms with E-state index in [-0.39, 0.29) is 0 Å². The highest BCUT2D eigenvalue weighted by Crippen LogP contribution is 2.64. The molecule has 0 fully saturated rings. The van der Waals surface area contributed by atoms with E-state index in [1.54, 1.807) is 0 Å². The fourth-order valence-electron chi connectivity index (χ4n) is 10.9. The van der Waals surface area contributed by atoms with Crippen LogP contribution in [0.4, 0.5) is 0 Å². The minimum Gasteiger partial charge on any atom is -0.228 e. The third-order valence-corrected chi connectivity index (χ3v) is 13.3. The lowest BCUT2D eigenvalue weighted by molar-refractivity contribution is 0.794. The maximum absolute atomic E-state index is 5.57. The van der Waals surface area contributed by atoms with Gasteiger partial charge in [0, 0.05) is 22.1 Å². The van der Waals surface area contributed by atoms with Crippen LogP contribution in [0.15, 0.2) is 218 Å². The first kappa shape index (κ1) is 34.0. The minimum atomic E-state index is -0.453. The van der Waals surface area contributed by atoms with Gasteiger partial charge in [0.25, 0.3) is 0 Å². The number of aromatic nitrogens is 2. The van der Waals surface area contributed by atoms with Gasteiger partial charge in [0.15, 0.2) is 5.82 Å². The Labute approximate surface area is 354 Å². The van der Waals surface area contributed by atoms with Gasteiger partial charge < -0.3 is 0 Å². The molecule has 282 valence electrons. The Morgan fingerprint density at radius 1 is 0.295 bits per heavy atom. The van der Waals surface area contributed by atoms with E-state index >= 15 is 0 Å². The lowest BCUT2D eigenvalue weighted by Crippen LogP contribution is -2.25. The molecular formula is C59H36N2. The molecule has 0 amide bonds. The van der Waals surface area contributed by atoms with E-state index in [0.717, 1.165) is 33.5 Å². The van der Waals surface area contributed by atoms with Crippen LogP contribution < -0.4 is 0 Å². The van der Waals surface area contributed by atoms with Gasteiger partial charge in [-0.05, 0) is 88.6 Å². The number of hydrogen-bond donors (Lipinski definition) is 0. The second-order valence-electron chi connectivity index (χ2n) is 16.3. The van der Waals surface area contributed by atoms with Crippen LogP contribution in [0.3, 0.4) is 0 Å². The minimum absolute atomic E-state index is 0.453. The number of hydrogen-bond acceptors (Lipinski definition) is 2. The van der Waals surface area contributed by atoms with Crippen LogP contribution in [0.2, 0.25) is 0 Å². The van der Waals surface area contributed by atoms with E-state index in [4.69, 9.17) is 9.97 Å². The van der Waals surface area contributed by atoms with Gasteiger partial charge in [-0.3, -0.25) is 0 Å². The second-order valence-corrected chi connectivity index (χ2v) is 16.3. The molecule has 2 aliphatic rings. The zero-order chi connectivity index (χ0) is 40.1. The summed E-state index contributed by atoms with van der Waals surface area (Å²) in [6.45, 7) is 0. The van der Waals surface area contributed by atoms with Gasteiger partial charge >= 0.3 is 0 Å². The molecule has 1 aromatic heterocycles. The van der Waals surface area contributed by atoms with Crippen molar-refractivity contribution in [2.24, 2.45) is 0 Å². The Hall–Kier alpha value is -7.94. The largest absolute Gasteiger partial charge is 0.228 e. The van der Waals surface area contributed by atoms with Crippen LogP contribution in [0.25, 0.3) is 99.6 Å². The standard InChI is InChI=1S/C59H36N2/c1-3-19-38(20-4-1)54-43-26-9-10-27-44(43)57(56-40-23-8-7-18-37(40)34-35-47(54)56)53-36-52(60-58(61-53)39-21-5-2-6-22-39)46-29-17-33-51-55(46)45-28-13-16-32-50(45)59(51)48-30-14-11-24-41(48)42-25-12-15-31-49(42)59/h1-36H. The molecule has 0 radical (unpaired) electrons. The van der Waals surface area contributed by atoms with Crippen molar-refractivity contribution in [1.82, 2.24) is 9.97 Å². The summed E-state index contributed by atoms with van der Waals surface area (Å²) >= 11 is 0. The molecule has 2 nitrogen and oxygen atoms in total. The van der Waals surface area contributed by atoms with Crippen molar-refractivity contribution in [2.45, 2.75) is 5.41 Å². The van der Waals surface area contributed by atoms with Crippen LogP contribution in [0.1, 0.15) is 22.3 Å². The van der Waals surface area contributed by atoms with Gasteiger partial charge in [-0.1, -0.05) is 212 Å². The first-order chi connectivity index (χ1) is 30.3. The molecule has 13 rings (SSSR count). The van der Waals surface area contributed by atoms with Crippen molar-refractivity contribution in [3.05, 3.63) is 241 Å². The Balaban J connectivity index is 1.16. The van der Waals surface area contributed by atoms with Crippen LogP contribution in [0.5, 0.6) is 0 Å². The average Bonchev–Trinajstić information content (AvgIpc) is 3.81. The highest BCUT2D eigenvalue weighted by Gasteiger charge is 2.52. The zero-order valence-corrected chi connectivity index (χ0v) is 33.2. The van der Waals surface area contributed by atoms with Gasteiger partial charge in [-0.2, -0.15) is 0 Å². The highest BCUT2D eigenvalue weighted by molar-refractivity contribution is 6.27. The van der Waals surface area contributed by atoms with Crippen molar-refractivity contribution < 1.29 is 0 Å². The molecule has 1 spiro atoms. The molecule has 0 atom stereocenters. The van der Waals surface area contributed by atoms with Crippen LogP contribution >= 0.6 is 0 Å². The van der Waals surface area contributed by atoms with E-state index in [1.807, 2.05) is 0 Å². The molecule has 0 N–H and O–H groups in total. The lowest BCUT2D eigenvalue weighted by atomic mass is 9.70. The highest BCUT2D eigenvalue weighted by atomic mass is 14.9. The summed E-state index contributed by atoms with van der Waals surface area (Å²) in [6.07, 6.45) is 0. The average molecular weight is 773 g/mol. The van der Waals surface area contributed by atoms with E-state index in [1.165, 1.54) is 82.6 Å². The summed E-state index contributed by atoms with van der Waals surface area (Å²) in [4.78, 5) is 11.1. The van der Waals surface area contributed by atoms with E-state index < -0.39 is 5.41 Å². The van der Waals surface area contributed by atoms with E-state index in [0.29, 0.717) is 5.82 Å². The van der Waals surface area contributed by atoms with Gasteiger partial charge in [-0.25, -0.2) is 9.97 Å². The number of nitrogens with zero attached hydrogens (tertiary/aromatic N) is 2. The van der Waals surface area contributed by atoms with Crippen molar-refractivity contribution in [1.29, 1.82) is 0 Å². The summed E-state index contributed by atoms with van der Waals surface area (Å²) in [7, 11) is 0. The molecule has 0 saturated carbocycles. The molecule has 61 heavy (non-hydrogen) atoms. The molecular weight excluding hydrogens is 737 g/mol. The van der Waals surface area contributed by atoms with E-state index in [9.17, 15) is 0 Å². The van der Waals surface area contributed by atoms with Crippen molar-refractivity contribution in [2.75, 3.05) is 0 Å². The molecule has 0 bridgehead atoms. The summed E-state index contributed by atoms with van der Waals surface area (Å²) < 4.78 is 0. The topological polar surface area (TPSA) is 25.8 Å². The molecule has 2 heteroatoms. The van der Waals surface area contributed by atoms with Gasteiger partial charge in [-0.15, -0.1) is 0 Å². The molecule has 1 heterocycles. The summed E-state index contributed by atoms with van der Waals surface area (Å²) in [5.74, 6) is 0.702. The predicted molar refractivity (Wildman–Crippen MR) is 253 cm³/mol. The number of rotatable bonds is 4.